The van der Waals surface area contributed by atoms with Crippen LogP contribution in [0.3, 0.4) is 0 Å². The normalized spacial score (nSPS) is 15.6. The zero-order valence-corrected chi connectivity index (χ0v) is 16.0. The molecule has 0 atom stereocenters. The van der Waals surface area contributed by atoms with Gasteiger partial charge in [0.15, 0.2) is 0 Å². The van der Waals surface area contributed by atoms with E-state index in [4.69, 9.17) is 0 Å². The minimum Gasteiger partial charge on any atom is -0.340 e. The van der Waals surface area contributed by atoms with Gasteiger partial charge in [-0.2, -0.15) is 0 Å². The van der Waals surface area contributed by atoms with Gasteiger partial charge >= 0.3 is 0 Å². The van der Waals surface area contributed by atoms with Gasteiger partial charge in [0.25, 0.3) is 0 Å². The van der Waals surface area contributed by atoms with Crippen LogP contribution in [0.1, 0.15) is 43.9 Å². The monoisotopic (exact) mass is 350 g/mol. The zero-order valence-electron chi connectivity index (χ0n) is 16.0. The molecular formula is C23H30N2O. The van der Waals surface area contributed by atoms with Gasteiger partial charge in [0.05, 0.1) is 6.04 Å². The lowest BCUT2D eigenvalue weighted by Crippen LogP contribution is -2.51. The number of carbonyl (C=O) groups excluding carboxylic acids is 1. The molecule has 0 saturated carbocycles. The number of carbonyl (C=O) groups is 1. The van der Waals surface area contributed by atoms with Gasteiger partial charge in [-0.05, 0) is 24.0 Å². The molecule has 3 nitrogen and oxygen atoms in total. The fourth-order valence-corrected chi connectivity index (χ4v) is 3.98. The quantitative estimate of drug-likeness (QED) is 0.773. The zero-order chi connectivity index (χ0) is 18.4. The van der Waals surface area contributed by atoms with Gasteiger partial charge in [0.1, 0.15) is 0 Å². The molecule has 2 aromatic carbocycles. The Hall–Kier alpha value is -2.13. The molecule has 3 rings (SSSR count). The number of hydrogen-bond acceptors (Lipinski definition) is 2. The van der Waals surface area contributed by atoms with E-state index >= 15 is 0 Å². The van der Waals surface area contributed by atoms with E-state index in [1.807, 2.05) is 0 Å². The van der Waals surface area contributed by atoms with Crippen molar-refractivity contribution < 1.29 is 4.79 Å². The molecule has 0 radical (unpaired) electrons. The van der Waals surface area contributed by atoms with E-state index in [0.717, 1.165) is 39.0 Å². The van der Waals surface area contributed by atoms with Crippen LogP contribution in [0, 0.1) is 5.92 Å². The Balaban J connectivity index is 1.75. The molecule has 2 aromatic rings. The van der Waals surface area contributed by atoms with Crippen molar-refractivity contribution in [1.82, 2.24) is 9.80 Å². The fraction of sp³-hybridized carbons (Fsp3) is 0.435. The van der Waals surface area contributed by atoms with Crippen LogP contribution >= 0.6 is 0 Å². The maximum Gasteiger partial charge on any atom is 0.225 e. The molecule has 0 aromatic heterocycles. The number of amides is 1. The van der Waals surface area contributed by atoms with Crippen molar-refractivity contribution in [1.29, 1.82) is 0 Å². The maximum absolute atomic E-state index is 12.7. The lowest BCUT2D eigenvalue weighted by molar-refractivity contribution is -0.137. The number of rotatable bonds is 6. The third-order valence-corrected chi connectivity index (χ3v) is 5.56. The number of nitrogens with zero attached hydrogens (tertiary/aromatic N) is 2. The minimum atomic E-state index is 0.181. The summed E-state index contributed by atoms with van der Waals surface area (Å²) in [6.45, 7) is 7.71. The lowest BCUT2D eigenvalue weighted by atomic mass is 9.96. The van der Waals surface area contributed by atoms with E-state index in [2.05, 4.69) is 84.3 Å². The Bertz CT molecular complexity index is 634. The molecule has 1 aliphatic heterocycles. The molecule has 1 aliphatic rings. The fourth-order valence-electron chi connectivity index (χ4n) is 3.98. The summed E-state index contributed by atoms with van der Waals surface area (Å²) in [6, 6.07) is 21.7. The van der Waals surface area contributed by atoms with Crippen LogP contribution in [0.15, 0.2) is 60.7 Å². The van der Waals surface area contributed by atoms with E-state index in [1.54, 1.807) is 0 Å². The Kier molecular flexibility index (Phi) is 6.45. The van der Waals surface area contributed by atoms with Crippen molar-refractivity contribution in [2.75, 3.05) is 26.2 Å². The first-order valence-electron chi connectivity index (χ1n) is 9.87. The van der Waals surface area contributed by atoms with E-state index in [-0.39, 0.29) is 12.0 Å². The number of piperazine rings is 1. The first-order chi connectivity index (χ1) is 12.7. The third kappa shape index (κ3) is 4.16. The molecular weight excluding hydrogens is 320 g/mol. The van der Waals surface area contributed by atoms with Crippen molar-refractivity contribution in [3.8, 4) is 0 Å². The standard InChI is InChI=1S/C23H30N2O/c1-3-19(4-2)23(26)25-17-15-24(16-18-25)22(20-11-7-5-8-12-20)21-13-9-6-10-14-21/h5-14,19,22H,3-4,15-18H2,1-2H3. The van der Waals surface area contributed by atoms with E-state index in [0.29, 0.717) is 5.91 Å². The topological polar surface area (TPSA) is 23.6 Å². The van der Waals surface area contributed by atoms with E-state index < -0.39 is 0 Å². The van der Waals surface area contributed by atoms with Crippen LogP contribution in [-0.4, -0.2) is 41.9 Å². The van der Waals surface area contributed by atoms with Crippen LogP contribution < -0.4 is 0 Å². The van der Waals surface area contributed by atoms with Crippen molar-refractivity contribution in [3.63, 3.8) is 0 Å². The largest absolute Gasteiger partial charge is 0.340 e. The number of benzene rings is 2. The Labute approximate surface area is 157 Å². The van der Waals surface area contributed by atoms with Crippen molar-refractivity contribution in [3.05, 3.63) is 71.8 Å². The lowest BCUT2D eigenvalue weighted by Gasteiger charge is -2.40. The Morgan fingerprint density at radius 3 is 1.69 bits per heavy atom. The van der Waals surface area contributed by atoms with Crippen LogP contribution in [0.5, 0.6) is 0 Å². The third-order valence-electron chi connectivity index (χ3n) is 5.56. The predicted octanol–water partition coefficient (Wildman–Crippen LogP) is 4.36. The summed E-state index contributed by atoms with van der Waals surface area (Å²) < 4.78 is 0. The van der Waals surface area contributed by atoms with Crippen LogP contribution in [-0.2, 0) is 4.79 Å². The van der Waals surface area contributed by atoms with E-state index in [9.17, 15) is 4.79 Å². The molecule has 1 amide bonds. The highest BCUT2D eigenvalue weighted by Crippen LogP contribution is 2.29. The summed E-state index contributed by atoms with van der Waals surface area (Å²) in [6.07, 6.45) is 1.87. The van der Waals surface area contributed by atoms with E-state index in [1.165, 1.54) is 11.1 Å². The average Bonchev–Trinajstić information content (AvgIpc) is 2.71. The SMILES string of the molecule is CCC(CC)C(=O)N1CCN(C(c2ccccc2)c2ccccc2)CC1. The second-order valence-corrected chi connectivity index (χ2v) is 7.10. The first kappa shape index (κ1) is 18.7. The van der Waals surface area contributed by atoms with Gasteiger partial charge in [0.2, 0.25) is 5.91 Å². The predicted molar refractivity (Wildman–Crippen MR) is 107 cm³/mol. The van der Waals surface area contributed by atoms with Crippen molar-refractivity contribution >= 4 is 5.91 Å². The molecule has 0 unspecified atom stereocenters. The van der Waals surface area contributed by atoms with Crippen LogP contribution in [0.4, 0.5) is 0 Å². The molecule has 0 N–H and O–H groups in total. The first-order valence-corrected chi connectivity index (χ1v) is 9.87. The van der Waals surface area contributed by atoms with Gasteiger partial charge in [-0.1, -0.05) is 74.5 Å². The van der Waals surface area contributed by atoms with Crippen molar-refractivity contribution in [2.45, 2.75) is 32.7 Å². The van der Waals surface area contributed by atoms with Gasteiger partial charge in [0, 0.05) is 32.1 Å². The smallest absolute Gasteiger partial charge is 0.225 e. The molecule has 1 heterocycles. The van der Waals surface area contributed by atoms with Crippen LogP contribution in [0.25, 0.3) is 0 Å². The summed E-state index contributed by atoms with van der Waals surface area (Å²) in [7, 11) is 0. The highest BCUT2D eigenvalue weighted by atomic mass is 16.2. The Morgan fingerprint density at radius 2 is 1.27 bits per heavy atom. The molecule has 1 fully saturated rings. The summed E-state index contributed by atoms with van der Waals surface area (Å²) in [5.41, 5.74) is 2.64. The molecule has 0 spiro atoms. The highest BCUT2D eigenvalue weighted by Gasteiger charge is 2.29. The molecule has 26 heavy (non-hydrogen) atoms. The summed E-state index contributed by atoms with van der Waals surface area (Å²) in [5.74, 6) is 0.520. The second kappa shape index (κ2) is 9.00. The van der Waals surface area contributed by atoms with Crippen LogP contribution in [0.2, 0.25) is 0 Å². The maximum atomic E-state index is 12.7. The van der Waals surface area contributed by atoms with Gasteiger partial charge in [-0.25, -0.2) is 0 Å². The van der Waals surface area contributed by atoms with Gasteiger partial charge in [-0.3, -0.25) is 9.69 Å². The molecule has 138 valence electrons. The summed E-state index contributed by atoms with van der Waals surface area (Å²) in [5, 5.41) is 0. The molecule has 1 saturated heterocycles. The number of hydrogen-bond donors (Lipinski definition) is 0. The summed E-state index contributed by atoms with van der Waals surface area (Å²) >= 11 is 0. The minimum absolute atomic E-state index is 0.181. The second-order valence-electron chi connectivity index (χ2n) is 7.10. The molecule has 0 bridgehead atoms. The molecule has 0 aliphatic carbocycles. The van der Waals surface area contributed by atoms with Gasteiger partial charge < -0.3 is 4.90 Å². The average molecular weight is 351 g/mol. The van der Waals surface area contributed by atoms with Gasteiger partial charge in [-0.15, -0.1) is 0 Å². The molecule has 3 heteroatoms. The van der Waals surface area contributed by atoms with Crippen molar-refractivity contribution in [2.24, 2.45) is 5.92 Å². The Morgan fingerprint density at radius 1 is 0.808 bits per heavy atom. The highest BCUT2D eigenvalue weighted by molar-refractivity contribution is 5.78. The summed E-state index contributed by atoms with van der Waals surface area (Å²) in [4.78, 5) is 17.3.